The molecule has 2 rings (SSSR count). The van der Waals surface area contributed by atoms with Gasteiger partial charge in [-0.25, -0.2) is 4.79 Å². The molecule has 2 N–H and O–H groups in total. The number of halogens is 3. The van der Waals surface area contributed by atoms with Gasteiger partial charge in [-0.3, -0.25) is 4.79 Å². The lowest BCUT2D eigenvalue weighted by molar-refractivity contribution is -0.121. The molecule has 0 saturated heterocycles. The highest BCUT2D eigenvalue weighted by molar-refractivity contribution is 7.21. The van der Waals surface area contributed by atoms with Gasteiger partial charge in [0, 0.05) is 15.1 Å². The Hall–Kier alpha value is -1.01. The molecule has 100 valence electrons. The van der Waals surface area contributed by atoms with Gasteiger partial charge in [0.1, 0.15) is 4.88 Å². The maximum absolute atomic E-state index is 11.8. The maximum atomic E-state index is 11.8. The Kier molecular flexibility index (Phi) is 4.20. The lowest BCUT2D eigenvalue weighted by atomic mass is 10.2. The molecule has 2 aromatic rings. The second-order valence-corrected chi connectivity index (χ2v) is 5.82. The fourth-order valence-electron chi connectivity index (χ4n) is 1.45. The number of rotatable bonds is 3. The number of carbonyl (C=O) groups excluding carboxylic acids is 2. The predicted molar refractivity (Wildman–Crippen MR) is 76.3 cm³/mol. The van der Waals surface area contributed by atoms with Crippen LogP contribution in [0.3, 0.4) is 0 Å². The van der Waals surface area contributed by atoms with Crippen molar-refractivity contribution < 1.29 is 14.3 Å². The van der Waals surface area contributed by atoms with Crippen LogP contribution in [0.1, 0.15) is 9.67 Å². The van der Waals surface area contributed by atoms with Crippen LogP contribution >= 0.6 is 46.1 Å². The molecule has 0 aliphatic carbocycles. The summed E-state index contributed by atoms with van der Waals surface area (Å²) < 4.78 is 5.37. The Morgan fingerprint density at radius 3 is 2.58 bits per heavy atom. The van der Waals surface area contributed by atoms with Crippen molar-refractivity contribution in [3.05, 3.63) is 32.1 Å². The summed E-state index contributed by atoms with van der Waals surface area (Å²) in [4.78, 5) is 22.5. The van der Waals surface area contributed by atoms with E-state index >= 15 is 0 Å². The number of hydrogen-bond donors (Lipinski definition) is 1. The van der Waals surface area contributed by atoms with E-state index < -0.39 is 18.5 Å². The Bertz CT molecular complexity index is 683. The zero-order chi connectivity index (χ0) is 14.2. The summed E-state index contributed by atoms with van der Waals surface area (Å²) in [6.45, 7) is -0.502. The highest BCUT2D eigenvalue weighted by Gasteiger charge is 2.21. The van der Waals surface area contributed by atoms with Crippen LogP contribution in [0.2, 0.25) is 15.1 Å². The zero-order valence-electron chi connectivity index (χ0n) is 9.21. The van der Waals surface area contributed by atoms with Gasteiger partial charge in [-0.15, -0.1) is 11.3 Å². The lowest BCUT2D eigenvalue weighted by Crippen LogP contribution is -2.20. The van der Waals surface area contributed by atoms with Crippen molar-refractivity contribution >= 4 is 68.1 Å². The van der Waals surface area contributed by atoms with E-state index in [4.69, 9.17) is 45.3 Å². The lowest BCUT2D eigenvalue weighted by Gasteiger charge is -2.00. The average Bonchev–Trinajstić information content (AvgIpc) is 2.63. The van der Waals surface area contributed by atoms with E-state index in [1.54, 1.807) is 6.07 Å². The number of thiophene rings is 1. The van der Waals surface area contributed by atoms with E-state index in [0.29, 0.717) is 20.1 Å². The van der Waals surface area contributed by atoms with Crippen molar-refractivity contribution in [3.8, 4) is 0 Å². The molecule has 0 aliphatic rings. The highest BCUT2D eigenvalue weighted by Crippen LogP contribution is 2.41. The summed E-state index contributed by atoms with van der Waals surface area (Å²) in [7, 11) is 0. The molecule has 1 amide bonds. The SMILES string of the molecule is NC(=O)COC(=O)c1sc2cc(Cl)cc(Cl)c2c1Cl. The first-order chi connectivity index (χ1) is 8.90. The summed E-state index contributed by atoms with van der Waals surface area (Å²) in [5.41, 5.74) is 4.89. The van der Waals surface area contributed by atoms with Gasteiger partial charge in [0.25, 0.3) is 5.91 Å². The molecule has 0 saturated carbocycles. The summed E-state index contributed by atoms with van der Waals surface area (Å²) >= 11 is 19.1. The second-order valence-electron chi connectivity index (χ2n) is 3.55. The van der Waals surface area contributed by atoms with Crippen LogP contribution in [0.4, 0.5) is 0 Å². The van der Waals surface area contributed by atoms with Crippen molar-refractivity contribution in [3.63, 3.8) is 0 Å². The highest BCUT2D eigenvalue weighted by atomic mass is 35.5. The number of hydrogen-bond acceptors (Lipinski definition) is 4. The van der Waals surface area contributed by atoms with Crippen molar-refractivity contribution in [1.82, 2.24) is 0 Å². The molecule has 1 heterocycles. The van der Waals surface area contributed by atoms with Gasteiger partial charge in [-0.2, -0.15) is 0 Å². The third-order valence-corrected chi connectivity index (χ3v) is 4.30. The smallest absolute Gasteiger partial charge is 0.350 e. The minimum absolute atomic E-state index is 0.155. The number of ether oxygens (including phenoxy) is 1. The molecule has 0 bridgehead atoms. The van der Waals surface area contributed by atoms with Gasteiger partial charge < -0.3 is 10.5 Å². The second kappa shape index (κ2) is 5.54. The Labute approximate surface area is 127 Å². The van der Waals surface area contributed by atoms with Crippen LogP contribution < -0.4 is 5.73 Å². The number of fused-ring (bicyclic) bond motifs is 1. The van der Waals surface area contributed by atoms with Gasteiger partial charge in [-0.05, 0) is 12.1 Å². The number of carbonyl (C=O) groups is 2. The molecule has 0 spiro atoms. The number of nitrogens with two attached hydrogens (primary N) is 1. The van der Waals surface area contributed by atoms with E-state index in [1.165, 1.54) is 6.07 Å². The number of primary amides is 1. The zero-order valence-corrected chi connectivity index (χ0v) is 12.3. The fourth-order valence-corrected chi connectivity index (χ4v) is 3.71. The van der Waals surface area contributed by atoms with Crippen LogP contribution in [0.25, 0.3) is 10.1 Å². The molecule has 19 heavy (non-hydrogen) atoms. The molecule has 4 nitrogen and oxygen atoms in total. The first kappa shape index (κ1) is 14.4. The van der Waals surface area contributed by atoms with Crippen molar-refractivity contribution in [2.24, 2.45) is 5.73 Å². The molecule has 1 aromatic carbocycles. The van der Waals surface area contributed by atoms with E-state index in [9.17, 15) is 9.59 Å². The molecular weight excluding hydrogens is 333 g/mol. The first-order valence-corrected chi connectivity index (χ1v) is 6.87. The van der Waals surface area contributed by atoms with E-state index in [2.05, 4.69) is 0 Å². The minimum atomic E-state index is -0.744. The molecule has 1 aromatic heterocycles. The monoisotopic (exact) mass is 337 g/mol. The fraction of sp³-hybridized carbons (Fsp3) is 0.0909. The topological polar surface area (TPSA) is 69.4 Å². The van der Waals surface area contributed by atoms with E-state index in [1.807, 2.05) is 0 Å². The molecule has 0 fully saturated rings. The number of amides is 1. The maximum Gasteiger partial charge on any atom is 0.350 e. The van der Waals surface area contributed by atoms with Gasteiger partial charge in [0.2, 0.25) is 0 Å². The van der Waals surface area contributed by atoms with E-state index in [-0.39, 0.29) is 9.90 Å². The van der Waals surface area contributed by atoms with Crippen molar-refractivity contribution in [2.45, 2.75) is 0 Å². The van der Waals surface area contributed by atoms with E-state index in [0.717, 1.165) is 11.3 Å². The average molecular weight is 339 g/mol. The third kappa shape index (κ3) is 2.95. The minimum Gasteiger partial charge on any atom is -0.451 e. The normalized spacial score (nSPS) is 10.7. The van der Waals surface area contributed by atoms with Crippen molar-refractivity contribution in [2.75, 3.05) is 6.61 Å². The Morgan fingerprint density at radius 1 is 1.26 bits per heavy atom. The van der Waals surface area contributed by atoms with Gasteiger partial charge in [0.05, 0.1) is 10.0 Å². The largest absolute Gasteiger partial charge is 0.451 e. The Balaban J connectivity index is 2.45. The standard InChI is InChI=1S/C11H6Cl3NO3S/c12-4-1-5(13)8-6(2-4)19-10(9(8)14)11(17)18-3-7(15)16/h1-2H,3H2,(H2,15,16). The predicted octanol–water partition coefficient (Wildman–Crippen LogP) is 3.50. The van der Waals surface area contributed by atoms with Crippen LogP contribution in [0.5, 0.6) is 0 Å². The molecular formula is C11H6Cl3NO3S. The van der Waals surface area contributed by atoms with Crippen LogP contribution in [0.15, 0.2) is 12.1 Å². The summed E-state index contributed by atoms with van der Waals surface area (Å²) in [6, 6.07) is 3.17. The van der Waals surface area contributed by atoms with Gasteiger partial charge >= 0.3 is 5.97 Å². The first-order valence-electron chi connectivity index (χ1n) is 4.92. The summed E-state index contributed by atoms with van der Waals surface area (Å²) in [5, 5.41) is 1.49. The molecule has 0 unspecified atom stereocenters. The summed E-state index contributed by atoms with van der Waals surface area (Å²) in [6.07, 6.45) is 0. The van der Waals surface area contributed by atoms with Crippen LogP contribution in [-0.2, 0) is 9.53 Å². The molecule has 0 aliphatic heterocycles. The van der Waals surface area contributed by atoms with Crippen LogP contribution in [0, 0.1) is 0 Å². The third-order valence-electron chi connectivity index (χ3n) is 2.18. The summed E-state index contributed by atoms with van der Waals surface area (Å²) in [5.74, 6) is -1.47. The van der Waals surface area contributed by atoms with Gasteiger partial charge in [0.15, 0.2) is 6.61 Å². The molecule has 0 radical (unpaired) electrons. The number of esters is 1. The molecule has 0 atom stereocenters. The van der Waals surface area contributed by atoms with Crippen molar-refractivity contribution in [1.29, 1.82) is 0 Å². The Morgan fingerprint density at radius 2 is 1.95 bits per heavy atom. The number of benzene rings is 1. The quantitative estimate of drug-likeness (QED) is 0.871. The van der Waals surface area contributed by atoms with Crippen LogP contribution in [-0.4, -0.2) is 18.5 Å². The van der Waals surface area contributed by atoms with Gasteiger partial charge in [-0.1, -0.05) is 34.8 Å². The molecule has 8 heteroatoms.